The highest BCUT2D eigenvalue weighted by Gasteiger charge is 2.15. The molecule has 0 aliphatic carbocycles. The SMILES string of the molecule is C=CCn1c(COc2ccc(Cl)cc2)nnc1SCC(=O)Nc1cc(Cl)ccc1Cl. The van der Waals surface area contributed by atoms with Crippen molar-refractivity contribution in [2.24, 2.45) is 0 Å². The molecule has 156 valence electrons. The second-order valence-electron chi connectivity index (χ2n) is 6.00. The standard InChI is InChI=1S/C20H17Cl3N4O2S/c1-2-9-27-18(11-29-15-6-3-13(21)4-7-15)25-26-20(27)30-12-19(28)24-17-10-14(22)5-8-16(17)23/h2-8,10H,1,9,11-12H2,(H,24,28). The van der Waals surface area contributed by atoms with Gasteiger partial charge in [-0.25, -0.2) is 0 Å². The molecule has 0 bridgehead atoms. The van der Waals surface area contributed by atoms with Gasteiger partial charge in [-0.2, -0.15) is 0 Å². The molecule has 1 aromatic heterocycles. The number of carbonyl (C=O) groups excluding carboxylic acids is 1. The largest absolute Gasteiger partial charge is 0.486 e. The third kappa shape index (κ3) is 6.15. The van der Waals surface area contributed by atoms with Gasteiger partial charge in [0, 0.05) is 16.6 Å². The monoisotopic (exact) mass is 482 g/mol. The third-order valence-electron chi connectivity index (χ3n) is 3.82. The van der Waals surface area contributed by atoms with Crippen LogP contribution in [-0.2, 0) is 17.9 Å². The molecule has 0 saturated heterocycles. The predicted molar refractivity (Wildman–Crippen MR) is 122 cm³/mol. The maximum atomic E-state index is 12.3. The van der Waals surface area contributed by atoms with Crippen molar-refractivity contribution in [3.05, 3.63) is 76.0 Å². The lowest BCUT2D eigenvalue weighted by atomic mass is 10.3. The molecule has 0 aliphatic heterocycles. The lowest BCUT2D eigenvalue weighted by Crippen LogP contribution is -2.15. The smallest absolute Gasteiger partial charge is 0.234 e. The molecule has 0 spiro atoms. The van der Waals surface area contributed by atoms with Crippen LogP contribution in [0.25, 0.3) is 0 Å². The van der Waals surface area contributed by atoms with Crippen LogP contribution in [0.5, 0.6) is 5.75 Å². The van der Waals surface area contributed by atoms with Gasteiger partial charge in [-0.3, -0.25) is 9.36 Å². The average molecular weight is 484 g/mol. The minimum atomic E-state index is -0.240. The Morgan fingerprint density at radius 3 is 2.60 bits per heavy atom. The number of rotatable bonds is 9. The molecule has 2 aromatic carbocycles. The van der Waals surface area contributed by atoms with Crippen molar-refractivity contribution >= 4 is 58.2 Å². The fraction of sp³-hybridized carbons (Fsp3) is 0.150. The first-order chi connectivity index (χ1) is 14.5. The fourth-order valence-corrected chi connectivity index (χ4v) is 3.66. The van der Waals surface area contributed by atoms with Crippen molar-refractivity contribution in [1.29, 1.82) is 0 Å². The number of aromatic nitrogens is 3. The molecule has 0 aliphatic rings. The number of ether oxygens (including phenoxy) is 1. The van der Waals surface area contributed by atoms with Gasteiger partial charge in [-0.15, -0.1) is 16.8 Å². The van der Waals surface area contributed by atoms with Gasteiger partial charge in [0.1, 0.15) is 12.4 Å². The van der Waals surface area contributed by atoms with E-state index in [-0.39, 0.29) is 18.3 Å². The van der Waals surface area contributed by atoms with E-state index in [0.717, 1.165) is 0 Å². The van der Waals surface area contributed by atoms with E-state index in [9.17, 15) is 4.79 Å². The second kappa shape index (κ2) is 10.7. The van der Waals surface area contributed by atoms with Gasteiger partial charge >= 0.3 is 0 Å². The summed E-state index contributed by atoms with van der Waals surface area (Å²) in [5.74, 6) is 1.16. The van der Waals surface area contributed by atoms with E-state index in [2.05, 4.69) is 22.1 Å². The normalized spacial score (nSPS) is 10.6. The number of nitrogens with zero attached hydrogens (tertiary/aromatic N) is 3. The zero-order valence-corrected chi connectivity index (χ0v) is 18.7. The Kier molecular flexibility index (Phi) is 8.04. The summed E-state index contributed by atoms with van der Waals surface area (Å²) in [7, 11) is 0. The van der Waals surface area contributed by atoms with E-state index in [1.165, 1.54) is 11.8 Å². The van der Waals surface area contributed by atoms with Crippen molar-refractivity contribution in [3.63, 3.8) is 0 Å². The molecule has 1 heterocycles. The zero-order valence-electron chi connectivity index (χ0n) is 15.6. The molecular formula is C20H17Cl3N4O2S. The summed E-state index contributed by atoms with van der Waals surface area (Å²) in [4.78, 5) is 12.3. The van der Waals surface area contributed by atoms with E-state index in [1.807, 2.05) is 4.57 Å². The Balaban J connectivity index is 1.62. The molecule has 0 atom stereocenters. The maximum Gasteiger partial charge on any atom is 0.234 e. The van der Waals surface area contributed by atoms with Crippen LogP contribution in [0, 0.1) is 0 Å². The Bertz CT molecular complexity index is 1040. The second-order valence-corrected chi connectivity index (χ2v) is 8.22. The lowest BCUT2D eigenvalue weighted by Gasteiger charge is -2.10. The first-order valence-electron chi connectivity index (χ1n) is 8.75. The van der Waals surface area contributed by atoms with Gasteiger partial charge in [0.05, 0.1) is 16.5 Å². The zero-order chi connectivity index (χ0) is 21.5. The van der Waals surface area contributed by atoms with Crippen LogP contribution in [0.3, 0.4) is 0 Å². The number of halogens is 3. The molecule has 3 rings (SSSR count). The van der Waals surface area contributed by atoms with Crippen molar-refractivity contribution < 1.29 is 9.53 Å². The van der Waals surface area contributed by atoms with Crippen molar-refractivity contribution in [2.75, 3.05) is 11.1 Å². The van der Waals surface area contributed by atoms with Crippen molar-refractivity contribution in [1.82, 2.24) is 14.8 Å². The number of thioether (sulfide) groups is 1. The van der Waals surface area contributed by atoms with E-state index in [0.29, 0.717) is 44.0 Å². The van der Waals surface area contributed by atoms with Gasteiger partial charge in [-0.1, -0.05) is 52.6 Å². The van der Waals surface area contributed by atoms with Crippen LogP contribution in [-0.4, -0.2) is 26.4 Å². The number of nitrogens with one attached hydrogen (secondary N) is 1. The minimum Gasteiger partial charge on any atom is -0.486 e. The first-order valence-corrected chi connectivity index (χ1v) is 10.9. The number of anilines is 1. The summed E-state index contributed by atoms with van der Waals surface area (Å²) >= 11 is 19.2. The van der Waals surface area contributed by atoms with E-state index in [1.54, 1.807) is 48.5 Å². The number of allylic oxidation sites excluding steroid dienone is 1. The van der Waals surface area contributed by atoms with Crippen LogP contribution in [0.15, 0.2) is 60.3 Å². The highest BCUT2D eigenvalue weighted by Crippen LogP contribution is 2.26. The molecule has 0 saturated carbocycles. The Labute approximate surface area is 193 Å². The average Bonchev–Trinajstić information content (AvgIpc) is 3.11. The molecule has 6 nitrogen and oxygen atoms in total. The summed E-state index contributed by atoms with van der Waals surface area (Å²) in [6.45, 7) is 4.47. The quantitative estimate of drug-likeness (QED) is 0.311. The molecule has 30 heavy (non-hydrogen) atoms. The molecule has 1 amide bonds. The third-order valence-corrected chi connectivity index (χ3v) is 5.60. The number of carbonyl (C=O) groups is 1. The molecule has 0 radical (unpaired) electrons. The summed E-state index contributed by atoms with van der Waals surface area (Å²) in [5, 5.41) is 13.2. The van der Waals surface area contributed by atoms with Gasteiger partial charge < -0.3 is 10.1 Å². The first kappa shape index (κ1) is 22.5. The van der Waals surface area contributed by atoms with Gasteiger partial charge in [0.2, 0.25) is 5.91 Å². The molecule has 10 heteroatoms. The molecule has 3 aromatic rings. The summed E-state index contributed by atoms with van der Waals surface area (Å²) in [6, 6.07) is 11.9. The topological polar surface area (TPSA) is 69.0 Å². The van der Waals surface area contributed by atoms with E-state index in [4.69, 9.17) is 39.5 Å². The van der Waals surface area contributed by atoms with Crippen LogP contribution < -0.4 is 10.1 Å². The molecule has 0 fully saturated rings. The number of hydrogen-bond donors (Lipinski definition) is 1. The summed E-state index contributed by atoms with van der Waals surface area (Å²) in [6.07, 6.45) is 1.73. The number of hydrogen-bond acceptors (Lipinski definition) is 5. The summed E-state index contributed by atoms with van der Waals surface area (Å²) in [5.41, 5.74) is 0.458. The number of amides is 1. The van der Waals surface area contributed by atoms with Crippen LogP contribution in [0.4, 0.5) is 5.69 Å². The van der Waals surface area contributed by atoms with Gasteiger partial charge in [0.25, 0.3) is 0 Å². The van der Waals surface area contributed by atoms with Crippen molar-refractivity contribution in [3.8, 4) is 5.75 Å². The Morgan fingerprint density at radius 1 is 1.13 bits per heavy atom. The Morgan fingerprint density at radius 2 is 1.87 bits per heavy atom. The maximum absolute atomic E-state index is 12.3. The molecular weight excluding hydrogens is 467 g/mol. The fourth-order valence-electron chi connectivity index (χ4n) is 2.43. The van der Waals surface area contributed by atoms with Crippen LogP contribution in [0.1, 0.15) is 5.82 Å². The van der Waals surface area contributed by atoms with E-state index >= 15 is 0 Å². The van der Waals surface area contributed by atoms with Gasteiger partial charge in [-0.05, 0) is 42.5 Å². The molecule has 1 N–H and O–H groups in total. The van der Waals surface area contributed by atoms with Gasteiger partial charge in [0.15, 0.2) is 11.0 Å². The predicted octanol–water partition coefficient (Wildman–Crippen LogP) is 5.73. The minimum absolute atomic E-state index is 0.121. The highest BCUT2D eigenvalue weighted by molar-refractivity contribution is 7.99. The van der Waals surface area contributed by atoms with Crippen LogP contribution in [0.2, 0.25) is 15.1 Å². The lowest BCUT2D eigenvalue weighted by molar-refractivity contribution is -0.113. The number of benzene rings is 2. The van der Waals surface area contributed by atoms with Crippen LogP contribution >= 0.6 is 46.6 Å². The Hall–Kier alpha value is -2.19. The highest BCUT2D eigenvalue weighted by atomic mass is 35.5. The van der Waals surface area contributed by atoms with E-state index < -0.39 is 0 Å². The molecule has 0 unspecified atom stereocenters. The summed E-state index contributed by atoms with van der Waals surface area (Å²) < 4.78 is 7.58. The van der Waals surface area contributed by atoms with Crippen molar-refractivity contribution in [2.45, 2.75) is 18.3 Å².